The van der Waals surface area contributed by atoms with Gasteiger partial charge in [0, 0.05) is 12.0 Å². The van der Waals surface area contributed by atoms with Crippen LogP contribution in [0.5, 0.6) is 0 Å². The van der Waals surface area contributed by atoms with Crippen molar-refractivity contribution in [1.82, 2.24) is 10.2 Å². The fourth-order valence-electron chi connectivity index (χ4n) is 2.03. The molecular formula is C13H25N3OS. The van der Waals surface area contributed by atoms with Gasteiger partial charge in [-0.3, -0.25) is 9.69 Å². The Morgan fingerprint density at radius 2 is 2.00 bits per heavy atom. The molecule has 1 aliphatic rings. The molecule has 0 aromatic heterocycles. The highest BCUT2D eigenvalue weighted by Gasteiger charge is 2.32. The lowest BCUT2D eigenvalue weighted by atomic mass is 9.80. The molecule has 0 spiro atoms. The Morgan fingerprint density at radius 3 is 2.44 bits per heavy atom. The van der Waals surface area contributed by atoms with Crippen LogP contribution in [0.3, 0.4) is 0 Å². The van der Waals surface area contributed by atoms with E-state index in [4.69, 9.17) is 18.0 Å². The lowest BCUT2D eigenvalue weighted by molar-refractivity contribution is -0.122. The maximum absolute atomic E-state index is 11.7. The topological polar surface area (TPSA) is 58.4 Å². The summed E-state index contributed by atoms with van der Waals surface area (Å²) in [5.74, 6) is 0.607. The summed E-state index contributed by atoms with van der Waals surface area (Å²) in [6, 6.07) is 0. The van der Waals surface area contributed by atoms with Gasteiger partial charge in [-0.2, -0.15) is 0 Å². The van der Waals surface area contributed by atoms with Crippen molar-refractivity contribution in [2.75, 3.05) is 26.2 Å². The van der Waals surface area contributed by atoms with Crippen LogP contribution in [0.4, 0.5) is 0 Å². The predicted molar refractivity (Wildman–Crippen MR) is 78.4 cm³/mol. The molecular weight excluding hydrogens is 246 g/mol. The molecule has 1 amide bonds. The van der Waals surface area contributed by atoms with E-state index >= 15 is 0 Å². The van der Waals surface area contributed by atoms with Crippen molar-refractivity contribution < 1.29 is 4.79 Å². The first-order chi connectivity index (χ1) is 8.33. The monoisotopic (exact) mass is 271 g/mol. The maximum Gasteiger partial charge on any atom is 0.234 e. The van der Waals surface area contributed by atoms with Gasteiger partial charge < -0.3 is 11.1 Å². The van der Waals surface area contributed by atoms with Crippen LogP contribution in [-0.2, 0) is 4.79 Å². The summed E-state index contributed by atoms with van der Waals surface area (Å²) >= 11 is 5.11. The highest BCUT2D eigenvalue weighted by atomic mass is 32.1. The van der Waals surface area contributed by atoms with E-state index in [-0.39, 0.29) is 11.3 Å². The zero-order valence-corrected chi connectivity index (χ0v) is 12.5. The molecule has 0 bridgehead atoms. The molecule has 1 rings (SSSR count). The van der Waals surface area contributed by atoms with E-state index in [1.165, 1.54) is 0 Å². The number of amides is 1. The van der Waals surface area contributed by atoms with E-state index in [1.54, 1.807) is 0 Å². The first kappa shape index (κ1) is 15.4. The number of hydrogen-bond acceptors (Lipinski definition) is 3. The number of nitrogens with zero attached hydrogens (tertiary/aromatic N) is 1. The average molecular weight is 271 g/mol. The van der Waals surface area contributed by atoms with Gasteiger partial charge in [0.05, 0.1) is 11.5 Å². The van der Waals surface area contributed by atoms with Gasteiger partial charge in [-0.05, 0) is 31.8 Å². The number of nitrogens with two attached hydrogens (primary N) is 1. The third-order valence-electron chi connectivity index (χ3n) is 3.63. The van der Waals surface area contributed by atoms with Crippen LogP contribution in [0, 0.1) is 11.3 Å². The lowest BCUT2D eigenvalue weighted by Gasteiger charge is -2.38. The summed E-state index contributed by atoms with van der Waals surface area (Å²) < 4.78 is 0. The van der Waals surface area contributed by atoms with Gasteiger partial charge in [-0.15, -0.1) is 0 Å². The van der Waals surface area contributed by atoms with Gasteiger partial charge >= 0.3 is 0 Å². The number of likely N-dealkylation sites (tertiary alicyclic amines) is 1. The number of carbonyl (C=O) groups is 1. The van der Waals surface area contributed by atoms with Crippen molar-refractivity contribution in [2.24, 2.45) is 17.1 Å². The van der Waals surface area contributed by atoms with Gasteiger partial charge in [0.15, 0.2) is 0 Å². The van der Waals surface area contributed by atoms with E-state index in [9.17, 15) is 4.79 Å². The Balaban J connectivity index is 2.31. The molecule has 1 aliphatic heterocycles. The molecule has 0 aromatic carbocycles. The fourth-order valence-corrected chi connectivity index (χ4v) is 2.23. The Morgan fingerprint density at radius 1 is 1.44 bits per heavy atom. The van der Waals surface area contributed by atoms with E-state index in [2.05, 4.69) is 31.0 Å². The van der Waals surface area contributed by atoms with Crippen LogP contribution < -0.4 is 11.1 Å². The summed E-state index contributed by atoms with van der Waals surface area (Å²) in [6.07, 6.45) is 1.89. The molecule has 0 unspecified atom stereocenters. The predicted octanol–water partition coefficient (Wildman–Crippen LogP) is 1.15. The molecule has 1 heterocycles. The first-order valence-corrected chi connectivity index (χ1v) is 7.03. The molecule has 0 radical (unpaired) electrons. The zero-order chi connectivity index (χ0) is 13.8. The minimum atomic E-state index is -0.0275. The molecule has 1 fully saturated rings. The number of thiocarbonyl (C=S) groups is 1. The molecule has 0 saturated carbocycles. The molecule has 4 nitrogen and oxygen atoms in total. The Kier molecular flexibility index (Phi) is 5.53. The number of nitrogens with one attached hydrogen (secondary N) is 1. The van der Waals surface area contributed by atoms with Gasteiger partial charge in [0.25, 0.3) is 0 Å². The van der Waals surface area contributed by atoms with Crippen molar-refractivity contribution >= 4 is 23.1 Å². The summed E-state index contributed by atoms with van der Waals surface area (Å²) in [5.41, 5.74) is 5.74. The Labute approximate surface area is 115 Å². The second kappa shape index (κ2) is 6.48. The normalized spacial score (nSPS) is 19.8. The molecule has 5 heteroatoms. The zero-order valence-electron chi connectivity index (χ0n) is 11.7. The number of rotatable bonds is 5. The van der Waals surface area contributed by atoms with Gasteiger partial charge in [0.1, 0.15) is 0 Å². The van der Waals surface area contributed by atoms with Crippen LogP contribution >= 0.6 is 12.2 Å². The molecule has 18 heavy (non-hydrogen) atoms. The SMILES string of the molecule is CC(C)CNC(=O)CN1CCC(C)(C(N)=S)CC1. The van der Waals surface area contributed by atoms with Gasteiger partial charge in [0.2, 0.25) is 5.91 Å². The minimum absolute atomic E-state index is 0.0275. The van der Waals surface area contributed by atoms with Crippen molar-refractivity contribution in [1.29, 1.82) is 0 Å². The molecule has 3 N–H and O–H groups in total. The number of carbonyl (C=O) groups excluding carboxylic acids is 1. The molecule has 0 atom stereocenters. The number of hydrogen-bond donors (Lipinski definition) is 2. The summed E-state index contributed by atoms with van der Waals surface area (Å²) in [4.78, 5) is 14.5. The Bertz CT molecular complexity index is 309. The maximum atomic E-state index is 11.7. The van der Waals surface area contributed by atoms with Gasteiger partial charge in [-0.25, -0.2) is 0 Å². The van der Waals surface area contributed by atoms with Crippen molar-refractivity contribution in [3.63, 3.8) is 0 Å². The molecule has 1 saturated heterocycles. The minimum Gasteiger partial charge on any atom is -0.393 e. The quantitative estimate of drug-likeness (QED) is 0.736. The third-order valence-corrected chi connectivity index (χ3v) is 4.12. The van der Waals surface area contributed by atoms with E-state index < -0.39 is 0 Å². The van der Waals surface area contributed by atoms with E-state index in [0.717, 1.165) is 32.5 Å². The van der Waals surface area contributed by atoms with E-state index in [0.29, 0.717) is 17.5 Å². The van der Waals surface area contributed by atoms with Crippen LogP contribution in [0.15, 0.2) is 0 Å². The highest BCUT2D eigenvalue weighted by molar-refractivity contribution is 7.80. The standard InChI is InChI=1S/C13H25N3OS/c1-10(2)8-15-11(17)9-16-6-4-13(3,5-7-16)12(14)18/h10H,4-9H2,1-3H3,(H2,14,18)(H,15,17). The summed E-state index contributed by atoms with van der Waals surface area (Å²) in [5, 5.41) is 2.94. The molecule has 0 aromatic rings. The van der Waals surface area contributed by atoms with Crippen LogP contribution in [0.25, 0.3) is 0 Å². The Hall–Kier alpha value is -0.680. The highest BCUT2D eigenvalue weighted by Crippen LogP contribution is 2.30. The summed E-state index contributed by atoms with van der Waals surface area (Å²) in [7, 11) is 0. The average Bonchev–Trinajstić information content (AvgIpc) is 2.29. The lowest BCUT2D eigenvalue weighted by Crippen LogP contribution is -2.47. The van der Waals surface area contributed by atoms with Crippen molar-refractivity contribution in [3.8, 4) is 0 Å². The molecule has 0 aliphatic carbocycles. The smallest absolute Gasteiger partial charge is 0.234 e. The number of piperidine rings is 1. The largest absolute Gasteiger partial charge is 0.393 e. The van der Waals surface area contributed by atoms with Gasteiger partial charge in [-0.1, -0.05) is 33.0 Å². The van der Waals surface area contributed by atoms with E-state index in [1.807, 2.05) is 0 Å². The van der Waals surface area contributed by atoms with Crippen molar-refractivity contribution in [3.05, 3.63) is 0 Å². The fraction of sp³-hybridized carbons (Fsp3) is 0.846. The second-order valence-electron chi connectivity index (χ2n) is 5.90. The second-order valence-corrected chi connectivity index (χ2v) is 6.34. The third kappa shape index (κ3) is 4.53. The first-order valence-electron chi connectivity index (χ1n) is 6.62. The van der Waals surface area contributed by atoms with Crippen LogP contribution in [-0.4, -0.2) is 42.0 Å². The summed E-state index contributed by atoms with van der Waals surface area (Å²) in [6.45, 7) is 9.32. The molecule has 104 valence electrons. The van der Waals surface area contributed by atoms with Crippen molar-refractivity contribution in [2.45, 2.75) is 33.6 Å². The van der Waals surface area contributed by atoms with Crippen LogP contribution in [0.2, 0.25) is 0 Å². The van der Waals surface area contributed by atoms with Crippen LogP contribution in [0.1, 0.15) is 33.6 Å².